The number of rotatable bonds is 7. The van der Waals surface area contributed by atoms with Gasteiger partial charge in [0.05, 0.1) is 0 Å². The number of carbonyl (C=O) groups is 3. The number of aryl methyl sites for hydroxylation is 1. The first kappa shape index (κ1) is 24.0. The summed E-state index contributed by atoms with van der Waals surface area (Å²) >= 11 is 0. The lowest BCUT2D eigenvalue weighted by atomic mass is 9.88. The van der Waals surface area contributed by atoms with E-state index >= 15 is 0 Å². The van der Waals surface area contributed by atoms with Crippen LogP contribution < -0.4 is 10.6 Å². The predicted octanol–water partition coefficient (Wildman–Crippen LogP) is 3.31. The maximum Gasteiger partial charge on any atom is 0.250 e. The zero-order valence-corrected chi connectivity index (χ0v) is 20.6. The van der Waals surface area contributed by atoms with Crippen molar-refractivity contribution in [3.8, 4) is 0 Å². The molecule has 1 aromatic heterocycles. The van der Waals surface area contributed by atoms with Gasteiger partial charge in [-0.2, -0.15) is 0 Å². The summed E-state index contributed by atoms with van der Waals surface area (Å²) in [5.41, 5.74) is 2.42. The molecule has 7 nitrogen and oxygen atoms in total. The average molecular weight is 466 g/mol. The Morgan fingerprint density at radius 2 is 1.74 bits per heavy atom. The Morgan fingerprint density at radius 3 is 2.26 bits per heavy atom. The molecule has 2 aliphatic rings. The lowest BCUT2D eigenvalue weighted by Gasteiger charge is -2.44. The van der Waals surface area contributed by atoms with E-state index in [-0.39, 0.29) is 35.6 Å². The van der Waals surface area contributed by atoms with Crippen LogP contribution >= 0.6 is 0 Å². The number of nitrogens with one attached hydrogen (secondary N) is 2. The number of hydrogen-bond acceptors (Lipinski definition) is 4. The third-order valence-corrected chi connectivity index (χ3v) is 6.69. The maximum absolute atomic E-state index is 14.1. The van der Waals surface area contributed by atoms with E-state index in [0.29, 0.717) is 17.9 Å². The summed E-state index contributed by atoms with van der Waals surface area (Å²) in [7, 11) is 0. The SMILES string of the molecule is Cc1ccc(C(C(=O)NC(C)C)N2C(=O)[C@@H](C3Cc4ccccc4C3)NC(=O)[C@H]2CC(C)C)o1. The Hall–Kier alpha value is -3.09. The molecular weight excluding hydrogens is 430 g/mol. The zero-order valence-electron chi connectivity index (χ0n) is 20.6. The van der Waals surface area contributed by atoms with Gasteiger partial charge in [0, 0.05) is 6.04 Å². The number of amides is 3. The van der Waals surface area contributed by atoms with Crippen molar-refractivity contribution in [2.24, 2.45) is 11.8 Å². The molecule has 3 amide bonds. The topological polar surface area (TPSA) is 91.7 Å². The zero-order chi connectivity index (χ0) is 24.6. The Labute approximate surface area is 201 Å². The Bertz CT molecular complexity index is 1050. The van der Waals surface area contributed by atoms with Crippen LogP contribution in [-0.2, 0) is 27.2 Å². The van der Waals surface area contributed by atoms with Gasteiger partial charge < -0.3 is 20.0 Å². The number of carbonyl (C=O) groups excluding carboxylic acids is 3. The Morgan fingerprint density at radius 1 is 1.09 bits per heavy atom. The summed E-state index contributed by atoms with van der Waals surface area (Å²) in [4.78, 5) is 42.5. The van der Waals surface area contributed by atoms with Crippen molar-refractivity contribution in [1.82, 2.24) is 15.5 Å². The van der Waals surface area contributed by atoms with E-state index in [9.17, 15) is 14.4 Å². The van der Waals surface area contributed by atoms with Crippen LogP contribution in [0.25, 0.3) is 0 Å². The van der Waals surface area contributed by atoms with Crippen molar-refractivity contribution in [3.05, 3.63) is 59.0 Å². The summed E-state index contributed by atoms with van der Waals surface area (Å²) in [6.07, 6.45) is 1.90. The molecule has 1 aromatic carbocycles. The number of fused-ring (bicyclic) bond motifs is 1. The summed E-state index contributed by atoms with van der Waals surface area (Å²) in [6, 6.07) is 9.09. The number of nitrogens with zero attached hydrogens (tertiary/aromatic N) is 1. The van der Waals surface area contributed by atoms with Crippen LogP contribution in [-0.4, -0.2) is 40.7 Å². The first-order valence-electron chi connectivity index (χ1n) is 12.2. The van der Waals surface area contributed by atoms with Crippen molar-refractivity contribution in [1.29, 1.82) is 0 Å². The molecule has 34 heavy (non-hydrogen) atoms. The lowest BCUT2D eigenvalue weighted by molar-refractivity contribution is -0.158. The Kier molecular flexibility index (Phi) is 6.82. The van der Waals surface area contributed by atoms with Gasteiger partial charge in [-0.25, -0.2) is 0 Å². The molecule has 1 unspecified atom stereocenters. The van der Waals surface area contributed by atoms with Crippen LogP contribution in [0.2, 0.25) is 0 Å². The van der Waals surface area contributed by atoms with Gasteiger partial charge in [-0.3, -0.25) is 14.4 Å². The second-order valence-corrected chi connectivity index (χ2v) is 10.3. The first-order valence-corrected chi connectivity index (χ1v) is 12.2. The van der Waals surface area contributed by atoms with Crippen LogP contribution in [0.15, 0.2) is 40.8 Å². The van der Waals surface area contributed by atoms with E-state index in [0.717, 1.165) is 12.8 Å². The average Bonchev–Trinajstić information content (AvgIpc) is 3.38. The second kappa shape index (κ2) is 9.65. The second-order valence-electron chi connectivity index (χ2n) is 10.3. The van der Waals surface area contributed by atoms with Crippen LogP contribution in [0.1, 0.15) is 62.8 Å². The minimum atomic E-state index is -1.01. The van der Waals surface area contributed by atoms with Crippen molar-refractivity contribution in [2.45, 2.75) is 78.0 Å². The maximum atomic E-state index is 14.1. The Balaban J connectivity index is 1.73. The molecule has 1 aliphatic heterocycles. The molecule has 1 saturated heterocycles. The summed E-state index contributed by atoms with van der Waals surface area (Å²) < 4.78 is 5.86. The van der Waals surface area contributed by atoms with E-state index < -0.39 is 18.1 Å². The minimum Gasteiger partial charge on any atom is -0.464 e. The molecule has 0 saturated carbocycles. The van der Waals surface area contributed by atoms with Gasteiger partial charge in [0.2, 0.25) is 11.8 Å². The number of hydrogen-bond donors (Lipinski definition) is 2. The normalized spacial score (nSPS) is 21.7. The molecule has 2 N–H and O–H groups in total. The molecule has 182 valence electrons. The van der Waals surface area contributed by atoms with Gasteiger partial charge in [-0.05, 0) is 75.1 Å². The van der Waals surface area contributed by atoms with E-state index in [1.807, 2.05) is 39.8 Å². The highest BCUT2D eigenvalue weighted by molar-refractivity contribution is 6.00. The summed E-state index contributed by atoms with van der Waals surface area (Å²) in [6.45, 7) is 9.57. The number of benzene rings is 1. The molecule has 1 fully saturated rings. The molecule has 1 aliphatic carbocycles. The molecule has 4 rings (SSSR count). The fourth-order valence-electron chi connectivity index (χ4n) is 5.23. The highest BCUT2D eigenvalue weighted by Crippen LogP contribution is 2.35. The fraction of sp³-hybridized carbons (Fsp3) is 0.519. The van der Waals surface area contributed by atoms with Crippen LogP contribution in [0.3, 0.4) is 0 Å². The largest absolute Gasteiger partial charge is 0.464 e. The lowest BCUT2D eigenvalue weighted by Crippen LogP contribution is -2.67. The van der Waals surface area contributed by atoms with E-state index in [2.05, 4.69) is 22.8 Å². The van der Waals surface area contributed by atoms with E-state index in [1.165, 1.54) is 16.0 Å². The van der Waals surface area contributed by atoms with Gasteiger partial charge in [0.25, 0.3) is 5.91 Å². The monoisotopic (exact) mass is 465 g/mol. The summed E-state index contributed by atoms with van der Waals surface area (Å²) in [5, 5.41) is 5.96. The number of furan rings is 1. The molecule has 0 bridgehead atoms. The van der Waals surface area contributed by atoms with Crippen molar-refractivity contribution in [2.75, 3.05) is 0 Å². The third kappa shape index (κ3) is 4.74. The van der Waals surface area contributed by atoms with Crippen molar-refractivity contribution < 1.29 is 18.8 Å². The van der Waals surface area contributed by atoms with Crippen molar-refractivity contribution in [3.63, 3.8) is 0 Å². The smallest absolute Gasteiger partial charge is 0.250 e. The molecule has 2 heterocycles. The molecule has 0 spiro atoms. The highest BCUT2D eigenvalue weighted by atomic mass is 16.3. The molecule has 3 atom stereocenters. The van der Waals surface area contributed by atoms with Crippen molar-refractivity contribution >= 4 is 17.7 Å². The minimum absolute atomic E-state index is 0.0523. The first-order chi connectivity index (χ1) is 16.2. The fourth-order valence-corrected chi connectivity index (χ4v) is 5.23. The standard InChI is InChI=1S/C27H35N3O4/c1-15(2)12-21-25(31)29-23(20-13-18-8-6-7-9-19(18)14-20)27(33)30(21)24(26(32)28-16(3)4)22-11-10-17(5)34-22/h6-11,15-16,20-21,23-24H,12-14H2,1-5H3,(H,28,32)(H,29,31)/t21-,23-,24?/m1/s1. The summed E-state index contributed by atoms with van der Waals surface area (Å²) in [5.74, 6) is 0.361. The van der Waals surface area contributed by atoms with Gasteiger partial charge in [-0.1, -0.05) is 38.1 Å². The third-order valence-electron chi connectivity index (χ3n) is 6.69. The van der Waals surface area contributed by atoms with Gasteiger partial charge in [-0.15, -0.1) is 0 Å². The van der Waals surface area contributed by atoms with Gasteiger partial charge in [0.1, 0.15) is 23.6 Å². The molecular formula is C27H35N3O4. The molecule has 2 aromatic rings. The van der Waals surface area contributed by atoms with Crippen LogP contribution in [0.5, 0.6) is 0 Å². The molecule has 7 heteroatoms. The van der Waals surface area contributed by atoms with Crippen LogP contribution in [0.4, 0.5) is 0 Å². The van der Waals surface area contributed by atoms with Gasteiger partial charge in [0.15, 0.2) is 6.04 Å². The van der Waals surface area contributed by atoms with E-state index in [1.54, 1.807) is 19.1 Å². The number of piperazine rings is 1. The highest BCUT2D eigenvalue weighted by Gasteiger charge is 2.50. The molecule has 0 radical (unpaired) electrons. The van der Waals surface area contributed by atoms with E-state index in [4.69, 9.17) is 4.42 Å². The predicted molar refractivity (Wildman–Crippen MR) is 129 cm³/mol. The quantitative estimate of drug-likeness (QED) is 0.656. The van der Waals surface area contributed by atoms with Gasteiger partial charge >= 0.3 is 0 Å². The van der Waals surface area contributed by atoms with Crippen LogP contribution in [0, 0.1) is 18.8 Å².